The lowest BCUT2D eigenvalue weighted by Crippen LogP contribution is -2.19. The summed E-state index contributed by atoms with van der Waals surface area (Å²) in [5, 5.41) is 0.735. The third kappa shape index (κ3) is 1.62. The van der Waals surface area contributed by atoms with Crippen molar-refractivity contribution in [2.75, 3.05) is 10.5 Å². The summed E-state index contributed by atoms with van der Waals surface area (Å²) in [5.41, 5.74) is 9.04. The lowest BCUT2D eigenvalue weighted by molar-refractivity contribution is 0.601. The second kappa shape index (κ2) is 3.95. The summed E-state index contributed by atoms with van der Waals surface area (Å²) < 4.78 is 27.4. The maximum Gasteiger partial charge on any atom is 0.262 e. The molecular formula is C15H11N3O2S. The number of nitrogens with one attached hydrogen (secondary N) is 1. The number of hydrogen-bond donors (Lipinski definition) is 2. The number of fused-ring (bicyclic) bond motifs is 5. The van der Waals surface area contributed by atoms with Crippen LogP contribution in [0.5, 0.6) is 0 Å². The first-order chi connectivity index (χ1) is 10.1. The van der Waals surface area contributed by atoms with Crippen LogP contribution in [0.25, 0.3) is 22.0 Å². The Hall–Kier alpha value is -2.60. The number of rotatable bonds is 0. The number of nitrogen functional groups attached to an aromatic ring is 1. The Morgan fingerprint density at radius 1 is 1.00 bits per heavy atom. The van der Waals surface area contributed by atoms with Crippen molar-refractivity contribution in [3.05, 3.63) is 48.7 Å². The van der Waals surface area contributed by atoms with Gasteiger partial charge in [0, 0.05) is 28.4 Å². The number of benzene rings is 2. The number of pyridine rings is 1. The highest BCUT2D eigenvalue weighted by atomic mass is 32.2. The second-order valence-corrected chi connectivity index (χ2v) is 6.54. The molecule has 2 aromatic carbocycles. The van der Waals surface area contributed by atoms with E-state index >= 15 is 0 Å². The predicted molar refractivity (Wildman–Crippen MR) is 82.4 cm³/mol. The first kappa shape index (κ1) is 12.2. The molecule has 6 heteroatoms. The number of aromatic nitrogens is 1. The van der Waals surface area contributed by atoms with E-state index in [0.717, 1.165) is 10.9 Å². The summed E-state index contributed by atoms with van der Waals surface area (Å²) in [6.45, 7) is 0. The zero-order chi connectivity index (χ0) is 14.6. The fourth-order valence-corrected chi connectivity index (χ4v) is 3.99. The van der Waals surface area contributed by atoms with Gasteiger partial charge in [0.25, 0.3) is 10.0 Å². The van der Waals surface area contributed by atoms with Gasteiger partial charge in [0.05, 0.1) is 16.1 Å². The van der Waals surface area contributed by atoms with Gasteiger partial charge in [0.2, 0.25) is 0 Å². The summed E-state index contributed by atoms with van der Waals surface area (Å²) in [5.74, 6) is 0. The van der Waals surface area contributed by atoms with Crippen molar-refractivity contribution in [2.24, 2.45) is 0 Å². The molecule has 5 nitrogen and oxygen atoms in total. The monoisotopic (exact) mass is 297 g/mol. The Morgan fingerprint density at radius 3 is 2.67 bits per heavy atom. The van der Waals surface area contributed by atoms with E-state index in [2.05, 4.69) is 9.71 Å². The van der Waals surface area contributed by atoms with Crippen LogP contribution in [0.4, 0.5) is 11.4 Å². The maximum atomic E-state index is 12.4. The highest BCUT2D eigenvalue weighted by molar-refractivity contribution is 7.93. The molecule has 0 saturated heterocycles. The first-order valence-corrected chi connectivity index (χ1v) is 7.86. The molecule has 0 unspecified atom stereocenters. The van der Waals surface area contributed by atoms with Crippen LogP contribution >= 0.6 is 0 Å². The Labute approximate surface area is 121 Å². The normalized spacial score (nSPS) is 15.0. The third-order valence-electron chi connectivity index (χ3n) is 3.65. The Kier molecular flexibility index (Phi) is 2.29. The van der Waals surface area contributed by atoms with E-state index in [-0.39, 0.29) is 4.90 Å². The van der Waals surface area contributed by atoms with Crippen LogP contribution in [0.1, 0.15) is 0 Å². The van der Waals surface area contributed by atoms with Gasteiger partial charge in [-0.15, -0.1) is 0 Å². The summed E-state index contributed by atoms with van der Waals surface area (Å²) in [4.78, 5) is 4.57. The zero-order valence-corrected chi connectivity index (χ0v) is 11.7. The van der Waals surface area contributed by atoms with Crippen LogP contribution in [0.2, 0.25) is 0 Å². The minimum atomic E-state index is -3.59. The molecule has 0 fully saturated rings. The van der Waals surface area contributed by atoms with Crippen LogP contribution < -0.4 is 10.5 Å². The molecule has 0 bridgehead atoms. The van der Waals surface area contributed by atoms with Crippen LogP contribution in [0.3, 0.4) is 0 Å². The number of sulfonamides is 1. The van der Waals surface area contributed by atoms with Crippen LogP contribution in [0, 0.1) is 0 Å². The number of nitrogens with zero attached hydrogens (tertiary/aromatic N) is 1. The van der Waals surface area contributed by atoms with E-state index < -0.39 is 10.0 Å². The summed E-state index contributed by atoms with van der Waals surface area (Å²) in [6.07, 6.45) is 1.58. The van der Waals surface area contributed by atoms with Crippen LogP contribution in [0.15, 0.2) is 53.6 Å². The molecule has 0 spiro atoms. The predicted octanol–water partition coefficient (Wildman–Crippen LogP) is 2.60. The van der Waals surface area contributed by atoms with E-state index in [1.54, 1.807) is 30.5 Å². The SMILES string of the molecule is Nc1ccnc2c3c(ccc12)-c1ccccc1S(=O)(=O)N3. The molecule has 21 heavy (non-hydrogen) atoms. The van der Waals surface area contributed by atoms with Crippen molar-refractivity contribution in [1.29, 1.82) is 0 Å². The molecule has 0 amide bonds. The maximum absolute atomic E-state index is 12.4. The van der Waals surface area contributed by atoms with Gasteiger partial charge in [-0.2, -0.15) is 0 Å². The zero-order valence-electron chi connectivity index (χ0n) is 10.9. The molecule has 2 heterocycles. The molecular weight excluding hydrogens is 286 g/mol. The van der Waals surface area contributed by atoms with Crippen molar-refractivity contribution >= 4 is 32.3 Å². The lowest BCUT2D eigenvalue weighted by Gasteiger charge is -2.22. The van der Waals surface area contributed by atoms with Gasteiger partial charge in [0.15, 0.2) is 0 Å². The highest BCUT2D eigenvalue weighted by Crippen LogP contribution is 2.42. The standard InChI is InChI=1S/C15H11N3O2S/c16-12-7-8-17-14-11(12)6-5-10-9-3-1-2-4-13(9)21(19,20)18-15(10)14/h1-8,18H,(H2,16,17). The van der Waals surface area contributed by atoms with Crippen LogP contribution in [-0.2, 0) is 10.0 Å². The molecule has 0 saturated carbocycles. The second-order valence-electron chi connectivity index (χ2n) is 4.89. The fraction of sp³-hybridized carbons (Fsp3) is 0. The van der Waals surface area contributed by atoms with Gasteiger partial charge in [0.1, 0.15) is 0 Å². The van der Waals surface area contributed by atoms with E-state index in [9.17, 15) is 8.42 Å². The molecule has 3 aromatic rings. The molecule has 1 aromatic heterocycles. The molecule has 0 aliphatic carbocycles. The van der Waals surface area contributed by atoms with Gasteiger partial charge in [-0.05, 0) is 18.2 Å². The summed E-state index contributed by atoms with van der Waals surface area (Å²) >= 11 is 0. The van der Waals surface area contributed by atoms with Gasteiger partial charge in [-0.25, -0.2) is 8.42 Å². The largest absolute Gasteiger partial charge is 0.398 e. The Balaban J connectivity index is 2.18. The molecule has 4 rings (SSSR count). The van der Waals surface area contributed by atoms with Crippen molar-refractivity contribution in [1.82, 2.24) is 4.98 Å². The summed E-state index contributed by atoms with van der Waals surface area (Å²) in [7, 11) is -3.59. The number of nitrogens with two attached hydrogens (primary N) is 1. The van der Waals surface area contributed by atoms with Gasteiger partial charge in [-0.3, -0.25) is 9.71 Å². The van der Waals surface area contributed by atoms with E-state index in [1.165, 1.54) is 0 Å². The van der Waals surface area contributed by atoms with Crippen molar-refractivity contribution in [2.45, 2.75) is 4.90 Å². The van der Waals surface area contributed by atoms with E-state index in [0.29, 0.717) is 22.5 Å². The molecule has 1 aliphatic heterocycles. The van der Waals surface area contributed by atoms with Gasteiger partial charge < -0.3 is 5.73 Å². The third-order valence-corrected chi connectivity index (χ3v) is 5.06. The quantitative estimate of drug-likeness (QED) is 0.668. The van der Waals surface area contributed by atoms with Gasteiger partial charge >= 0.3 is 0 Å². The fourth-order valence-electron chi connectivity index (χ4n) is 2.68. The van der Waals surface area contributed by atoms with Gasteiger partial charge in [-0.1, -0.05) is 24.3 Å². The Bertz CT molecular complexity index is 997. The molecule has 104 valence electrons. The van der Waals surface area contributed by atoms with Crippen molar-refractivity contribution in [3.63, 3.8) is 0 Å². The van der Waals surface area contributed by atoms with E-state index in [1.807, 2.05) is 18.2 Å². The Morgan fingerprint density at radius 2 is 1.81 bits per heavy atom. The molecule has 0 radical (unpaired) electrons. The highest BCUT2D eigenvalue weighted by Gasteiger charge is 2.28. The topological polar surface area (TPSA) is 85.1 Å². The smallest absolute Gasteiger partial charge is 0.262 e. The first-order valence-electron chi connectivity index (χ1n) is 6.37. The lowest BCUT2D eigenvalue weighted by atomic mass is 10.0. The minimum absolute atomic E-state index is 0.278. The average Bonchev–Trinajstić information content (AvgIpc) is 2.47. The van der Waals surface area contributed by atoms with E-state index in [4.69, 9.17) is 5.73 Å². The number of anilines is 2. The molecule has 1 aliphatic rings. The minimum Gasteiger partial charge on any atom is -0.398 e. The molecule has 0 atom stereocenters. The number of hydrogen-bond acceptors (Lipinski definition) is 4. The average molecular weight is 297 g/mol. The molecule has 3 N–H and O–H groups in total. The van der Waals surface area contributed by atoms with Crippen LogP contribution in [-0.4, -0.2) is 13.4 Å². The van der Waals surface area contributed by atoms with Crippen molar-refractivity contribution < 1.29 is 8.42 Å². The summed E-state index contributed by atoms with van der Waals surface area (Å²) in [6, 6.07) is 12.4. The van der Waals surface area contributed by atoms with Crippen molar-refractivity contribution in [3.8, 4) is 11.1 Å².